The zero-order valence-electron chi connectivity index (χ0n) is 21.4. The van der Waals surface area contributed by atoms with Crippen LogP contribution in [0.2, 0.25) is 0 Å². The second-order valence-corrected chi connectivity index (χ2v) is 7.70. The molecule has 0 aliphatic carbocycles. The Labute approximate surface area is 215 Å². The van der Waals surface area contributed by atoms with E-state index in [-0.39, 0.29) is 11.5 Å². The maximum absolute atomic E-state index is 11.0. The largest absolute Gasteiger partial charge is 0.505 e. The van der Waals surface area contributed by atoms with Gasteiger partial charge in [-0.3, -0.25) is 0 Å². The number of aromatic hydroxyl groups is 2. The molecular formula is C29H30N6O2. The lowest BCUT2D eigenvalue weighted by atomic mass is 10.0. The second kappa shape index (κ2) is 11.3. The van der Waals surface area contributed by atoms with Gasteiger partial charge in [0.05, 0.1) is 0 Å². The van der Waals surface area contributed by atoms with E-state index in [1.54, 1.807) is 12.1 Å². The zero-order chi connectivity index (χ0) is 26.4. The molecule has 0 aliphatic rings. The van der Waals surface area contributed by atoms with Crippen molar-refractivity contribution in [2.75, 3.05) is 0 Å². The van der Waals surface area contributed by atoms with Crippen LogP contribution in [0.1, 0.15) is 38.8 Å². The molecule has 37 heavy (non-hydrogen) atoms. The van der Waals surface area contributed by atoms with Crippen molar-refractivity contribution in [1.29, 1.82) is 0 Å². The molecule has 2 heterocycles. The fourth-order valence-electron chi connectivity index (χ4n) is 3.90. The number of fused-ring (bicyclic) bond motifs is 2. The summed E-state index contributed by atoms with van der Waals surface area (Å²) in [4.78, 5) is 2.86. The summed E-state index contributed by atoms with van der Waals surface area (Å²) in [7, 11) is 0. The first-order chi connectivity index (χ1) is 18.2. The maximum atomic E-state index is 11.0. The van der Waals surface area contributed by atoms with E-state index in [0.29, 0.717) is 28.9 Å². The average Bonchev–Trinajstić information content (AvgIpc) is 3.57. The van der Waals surface area contributed by atoms with Gasteiger partial charge in [0, 0.05) is 17.5 Å². The van der Waals surface area contributed by atoms with Gasteiger partial charge in [0.15, 0.2) is 0 Å². The minimum absolute atomic E-state index is 0.0607. The Bertz CT molecular complexity index is 1450. The Morgan fingerprint density at radius 2 is 0.811 bits per heavy atom. The second-order valence-electron chi connectivity index (χ2n) is 7.70. The highest BCUT2D eigenvalue weighted by Gasteiger charge is 2.16. The minimum atomic E-state index is 0.0607. The summed E-state index contributed by atoms with van der Waals surface area (Å²) in [6.07, 6.45) is 0.306. The topological polar surface area (TPSA) is 102 Å². The lowest BCUT2D eigenvalue weighted by molar-refractivity contribution is 0.455. The van der Waals surface area contributed by atoms with Crippen LogP contribution in [0.15, 0.2) is 84.9 Å². The van der Waals surface area contributed by atoms with Gasteiger partial charge in [0.2, 0.25) is 0 Å². The van der Waals surface area contributed by atoms with Crippen LogP contribution in [-0.4, -0.2) is 40.2 Å². The highest BCUT2D eigenvalue weighted by atomic mass is 16.3. The minimum Gasteiger partial charge on any atom is -0.505 e. The molecule has 8 nitrogen and oxygen atoms in total. The maximum Gasteiger partial charge on any atom is 0.146 e. The van der Waals surface area contributed by atoms with Gasteiger partial charge in [0.25, 0.3) is 0 Å². The molecule has 0 fully saturated rings. The standard InChI is InChI=1S/C25H18N6O2.2C2H6/c32-24-16(7-5-13-22(24)30-26-18-9-1-2-10-19(18)27-30)15-17-8-6-14-23(25(17)33)31-28-20-11-3-4-12-21(20)29-31;2*1-2/h1-14,32-33H,15H2;2*1-2H3. The van der Waals surface area contributed by atoms with Crippen LogP contribution in [0.3, 0.4) is 0 Å². The van der Waals surface area contributed by atoms with Crippen LogP contribution in [0.5, 0.6) is 11.5 Å². The van der Waals surface area contributed by atoms with Gasteiger partial charge in [-0.1, -0.05) is 76.2 Å². The van der Waals surface area contributed by atoms with E-state index in [2.05, 4.69) is 20.4 Å². The van der Waals surface area contributed by atoms with Crippen LogP contribution in [0, 0.1) is 0 Å². The van der Waals surface area contributed by atoms with E-state index in [4.69, 9.17) is 0 Å². The third-order valence-electron chi connectivity index (χ3n) is 5.58. The van der Waals surface area contributed by atoms with E-state index >= 15 is 0 Å². The molecule has 0 amide bonds. The smallest absolute Gasteiger partial charge is 0.146 e. The molecule has 0 aliphatic heterocycles. The molecule has 6 aromatic rings. The number of para-hydroxylation sites is 2. The molecule has 2 aromatic heterocycles. The first kappa shape index (κ1) is 25.4. The Balaban J connectivity index is 0.000000765. The van der Waals surface area contributed by atoms with Crippen LogP contribution in [0.4, 0.5) is 0 Å². The third kappa shape index (κ3) is 4.99. The van der Waals surface area contributed by atoms with Crippen molar-refractivity contribution in [3.05, 3.63) is 96.1 Å². The average molecular weight is 495 g/mol. The zero-order valence-corrected chi connectivity index (χ0v) is 21.4. The Morgan fingerprint density at radius 3 is 1.14 bits per heavy atom. The highest BCUT2D eigenvalue weighted by Crippen LogP contribution is 2.32. The van der Waals surface area contributed by atoms with Crippen molar-refractivity contribution in [2.45, 2.75) is 34.1 Å². The van der Waals surface area contributed by atoms with Crippen molar-refractivity contribution in [2.24, 2.45) is 0 Å². The van der Waals surface area contributed by atoms with Gasteiger partial charge in [-0.05, 0) is 36.4 Å². The molecular weight excluding hydrogens is 464 g/mol. The van der Waals surface area contributed by atoms with E-state index in [1.807, 2.05) is 100 Å². The first-order valence-corrected chi connectivity index (χ1v) is 12.4. The van der Waals surface area contributed by atoms with Crippen molar-refractivity contribution in [1.82, 2.24) is 30.0 Å². The first-order valence-electron chi connectivity index (χ1n) is 12.4. The lowest BCUT2D eigenvalue weighted by Gasteiger charge is -2.12. The molecule has 188 valence electrons. The molecule has 8 heteroatoms. The summed E-state index contributed by atoms with van der Waals surface area (Å²) in [5.41, 5.74) is 5.19. The quantitative estimate of drug-likeness (QED) is 0.302. The fraction of sp³-hybridized carbons (Fsp3) is 0.172. The number of rotatable bonds is 4. The van der Waals surface area contributed by atoms with Gasteiger partial charge in [0.1, 0.15) is 44.9 Å². The highest BCUT2D eigenvalue weighted by molar-refractivity contribution is 5.74. The van der Waals surface area contributed by atoms with E-state index in [0.717, 1.165) is 22.1 Å². The van der Waals surface area contributed by atoms with Gasteiger partial charge >= 0.3 is 0 Å². The number of phenols is 2. The summed E-state index contributed by atoms with van der Waals surface area (Å²) in [5, 5.41) is 39.8. The number of hydrogen-bond donors (Lipinski definition) is 2. The van der Waals surface area contributed by atoms with Crippen LogP contribution in [-0.2, 0) is 6.42 Å². The van der Waals surface area contributed by atoms with Crippen molar-refractivity contribution < 1.29 is 10.2 Å². The summed E-state index contributed by atoms with van der Waals surface area (Å²) in [6.45, 7) is 8.00. The fourth-order valence-corrected chi connectivity index (χ4v) is 3.90. The molecule has 4 aromatic carbocycles. The predicted molar refractivity (Wildman–Crippen MR) is 147 cm³/mol. The normalized spacial score (nSPS) is 10.5. The number of aromatic nitrogens is 6. The van der Waals surface area contributed by atoms with E-state index < -0.39 is 0 Å². The summed E-state index contributed by atoms with van der Waals surface area (Å²) >= 11 is 0. The molecule has 0 saturated heterocycles. The molecule has 0 spiro atoms. The molecule has 0 radical (unpaired) electrons. The number of nitrogens with zero attached hydrogens (tertiary/aromatic N) is 6. The van der Waals surface area contributed by atoms with Crippen molar-refractivity contribution in [3.63, 3.8) is 0 Å². The Hall–Kier alpha value is -4.72. The van der Waals surface area contributed by atoms with Crippen LogP contribution < -0.4 is 0 Å². The summed E-state index contributed by atoms with van der Waals surface area (Å²) in [5.74, 6) is 0.121. The van der Waals surface area contributed by atoms with Gasteiger partial charge in [-0.2, -0.15) is 0 Å². The van der Waals surface area contributed by atoms with E-state index in [1.165, 1.54) is 9.59 Å². The lowest BCUT2D eigenvalue weighted by Crippen LogP contribution is -2.03. The third-order valence-corrected chi connectivity index (χ3v) is 5.58. The molecule has 0 unspecified atom stereocenters. The Kier molecular flexibility index (Phi) is 7.78. The van der Waals surface area contributed by atoms with Crippen molar-refractivity contribution in [3.8, 4) is 22.9 Å². The number of benzene rings is 4. The molecule has 2 N–H and O–H groups in total. The SMILES string of the molecule is CC.CC.Oc1c(Cc2cccc(-n3nc4ccccc4n3)c2O)cccc1-n1nc2ccccc2n1. The summed E-state index contributed by atoms with van der Waals surface area (Å²) < 4.78 is 0. The van der Waals surface area contributed by atoms with Crippen LogP contribution >= 0.6 is 0 Å². The molecule has 0 atom stereocenters. The van der Waals surface area contributed by atoms with Gasteiger partial charge < -0.3 is 10.2 Å². The van der Waals surface area contributed by atoms with E-state index in [9.17, 15) is 10.2 Å². The van der Waals surface area contributed by atoms with Crippen molar-refractivity contribution >= 4 is 22.1 Å². The van der Waals surface area contributed by atoms with Gasteiger partial charge in [-0.15, -0.1) is 30.0 Å². The number of hydrogen-bond acceptors (Lipinski definition) is 6. The monoisotopic (exact) mass is 494 g/mol. The Morgan fingerprint density at radius 1 is 0.486 bits per heavy atom. The molecule has 0 bridgehead atoms. The van der Waals surface area contributed by atoms with Crippen LogP contribution in [0.25, 0.3) is 33.4 Å². The number of phenolic OH excluding ortho intramolecular Hbond substituents is 2. The molecule has 6 rings (SSSR count). The molecule has 0 saturated carbocycles. The van der Waals surface area contributed by atoms with Gasteiger partial charge in [-0.25, -0.2) is 0 Å². The summed E-state index contributed by atoms with van der Waals surface area (Å²) in [6, 6.07) is 25.9. The predicted octanol–water partition coefficient (Wildman–Crippen LogP) is 6.21.